The van der Waals surface area contributed by atoms with E-state index in [0.29, 0.717) is 4.80 Å². The highest BCUT2D eigenvalue weighted by atomic mass is 32.1. The Morgan fingerprint density at radius 1 is 1.19 bits per heavy atom. The van der Waals surface area contributed by atoms with Crippen LogP contribution in [0.5, 0.6) is 0 Å². The first-order valence-corrected chi connectivity index (χ1v) is 9.60. The summed E-state index contributed by atoms with van der Waals surface area (Å²) in [5.41, 5.74) is 3.51. The maximum Gasteiger partial charge on any atom is 0.260 e. The Balaban J connectivity index is 1.48. The van der Waals surface area contributed by atoms with Crippen molar-refractivity contribution in [2.45, 2.75) is 25.7 Å². The van der Waals surface area contributed by atoms with E-state index in [1.165, 1.54) is 11.3 Å². The lowest BCUT2D eigenvalue weighted by Crippen LogP contribution is -2.40. The molecule has 1 aliphatic carbocycles. The molecule has 1 aliphatic heterocycles. The monoisotopic (exact) mass is 372 g/mol. The predicted molar refractivity (Wildman–Crippen MR) is 96.7 cm³/mol. The van der Waals surface area contributed by atoms with Gasteiger partial charge in [-0.15, -0.1) is 5.10 Å². The number of imide groups is 1. The molecule has 4 rings (SSSR count). The maximum absolute atomic E-state index is 12.4. The number of likely N-dealkylation sites (tertiary alicyclic amines) is 1. The van der Waals surface area contributed by atoms with Crippen molar-refractivity contribution in [3.63, 3.8) is 0 Å². The minimum absolute atomic E-state index is 0.206. The van der Waals surface area contributed by atoms with E-state index in [9.17, 15) is 14.4 Å². The first-order chi connectivity index (χ1) is 12.6. The van der Waals surface area contributed by atoms with Crippen molar-refractivity contribution in [1.29, 1.82) is 0 Å². The van der Waals surface area contributed by atoms with Crippen molar-refractivity contribution >= 4 is 39.3 Å². The summed E-state index contributed by atoms with van der Waals surface area (Å²) in [7, 11) is 1.88. The van der Waals surface area contributed by atoms with Crippen LogP contribution in [0.3, 0.4) is 0 Å². The lowest BCUT2D eigenvalue weighted by Gasteiger charge is -2.19. The molecule has 0 radical (unpaired) electrons. The van der Waals surface area contributed by atoms with Crippen LogP contribution in [0.25, 0.3) is 10.2 Å². The van der Waals surface area contributed by atoms with Gasteiger partial charge in [0.1, 0.15) is 6.54 Å². The van der Waals surface area contributed by atoms with Crippen molar-refractivity contribution in [2.75, 3.05) is 6.54 Å². The zero-order valence-electron chi connectivity index (χ0n) is 14.5. The molecule has 2 heterocycles. The van der Waals surface area contributed by atoms with Gasteiger partial charge in [-0.05, 0) is 25.0 Å². The highest BCUT2D eigenvalue weighted by Crippen LogP contribution is 2.37. The number of amides is 3. The van der Waals surface area contributed by atoms with E-state index in [4.69, 9.17) is 0 Å². The highest BCUT2D eigenvalue weighted by molar-refractivity contribution is 7.16. The summed E-state index contributed by atoms with van der Waals surface area (Å²) < 4.78 is 2.96. The number of nitrogens with zero attached hydrogens (tertiary/aromatic N) is 3. The van der Waals surface area contributed by atoms with Gasteiger partial charge >= 0.3 is 0 Å². The van der Waals surface area contributed by atoms with Crippen molar-refractivity contribution in [3.05, 3.63) is 29.1 Å². The van der Waals surface area contributed by atoms with Crippen LogP contribution in [-0.4, -0.2) is 33.7 Å². The molecule has 1 saturated carbocycles. The van der Waals surface area contributed by atoms with Crippen LogP contribution in [0.4, 0.5) is 0 Å². The average Bonchev–Trinajstić information content (AvgIpc) is 3.10. The van der Waals surface area contributed by atoms with E-state index in [2.05, 4.69) is 10.5 Å². The second kappa shape index (κ2) is 6.68. The van der Waals surface area contributed by atoms with Crippen LogP contribution in [0.1, 0.15) is 25.7 Å². The molecule has 2 aliphatic rings. The number of para-hydroxylation sites is 1. The molecule has 2 atom stereocenters. The minimum atomic E-state index is -0.456. The van der Waals surface area contributed by atoms with Gasteiger partial charge in [-0.1, -0.05) is 36.3 Å². The smallest absolute Gasteiger partial charge is 0.260 e. The normalized spacial score (nSPS) is 23.6. The summed E-state index contributed by atoms with van der Waals surface area (Å²) in [4.78, 5) is 38.8. The lowest BCUT2D eigenvalue weighted by molar-refractivity contribution is -0.143. The predicted octanol–water partition coefficient (Wildman–Crippen LogP) is 1.35. The molecule has 26 heavy (non-hydrogen) atoms. The number of rotatable bonds is 3. The molecule has 0 spiro atoms. The SMILES string of the molecule is Cn1c(=NNC(=O)CN2C(=O)C3CCCCC3C2=O)sc2ccccc21. The van der Waals surface area contributed by atoms with Crippen molar-refractivity contribution in [3.8, 4) is 0 Å². The van der Waals surface area contributed by atoms with Crippen molar-refractivity contribution < 1.29 is 14.4 Å². The summed E-state index contributed by atoms with van der Waals surface area (Å²) in [6.45, 7) is -0.261. The Morgan fingerprint density at radius 2 is 1.85 bits per heavy atom. The first kappa shape index (κ1) is 17.0. The van der Waals surface area contributed by atoms with Crippen LogP contribution < -0.4 is 10.2 Å². The number of thiazole rings is 1. The Morgan fingerprint density at radius 3 is 2.50 bits per heavy atom. The topological polar surface area (TPSA) is 83.8 Å². The highest BCUT2D eigenvalue weighted by Gasteiger charge is 2.48. The summed E-state index contributed by atoms with van der Waals surface area (Å²) >= 11 is 1.46. The molecule has 1 N–H and O–H groups in total. The minimum Gasteiger partial charge on any atom is -0.318 e. The van der Waals surface area contributed by atoms with Gasteiger partial charge in [0, 0.05) is 7.05 Å². The van der Waals surface area contributed by atoms with Gasteiger partial charge in [0.25, 0.3) is 5.91 Å². The molecule has 7 nitrogen and oxygen atoms in total. The van der Waals surface area contributed by atoms with Crippen molar-refractivity contribution in [1.82, 2.24) is 14.9 Å². The van der Waals surface area contributed by atoms with Crippen LogP contribution in [0.15, 0.2) is 29.4 Å². The van der Waals surface area contributed by atoms with Gasteiger partial charge in [0.05, 0.1) is 22.1 Å². The molecular weight excluding hydrogens is 352 g/mol. The molecular formula is C18H20N4O3S. The quantitative estimate of drug-likeness (QED) is 0.652. The molecule has 136 valence electrons. The molecule has 2 fully saturated rings. The number of hydrogen-bond acceptors (Lipinski definition) is 5. The first-order valence-electron chi connectivity index (χ1n) is 8.78. The van der Waals surface area contributed by atoms with Gasteiger partial charge in [-0.25, -0.2) is 5.43 Å². The summed E-state index contributed by atoms with van der Waals surface area (Å²) in [5.74, 6) is -1.34. The zero-order chi connectivity index (χ0) is 18.3. The molecule has 3 amide bonds. The standard InChI is InChI=1S/C18H20N4O3S/c1-21-13-8-4-5-9-14(13)26-18(21)20-19-15(23)10-22-16(24)11-6-2-3-7-12(11)17(22)25/h4-5,8-9,11-12H,2-3,6-7,10H2,1H3,(H,19,23). The fourth-order valence-corrected chi connectivity index (χ4v) is 4.84. The lowest BCUT2D eigenvalue weighted by atomic mass is 9.81. The molecule has 1 aromatic heterocycles. The summed E-state index contributed by atoms with van der Waals surface area (Å²) in [5, 5.41) is 4.16. The van der Waals surface area contributed by atoms with E-state index < -0.39 is 5.91 Å². The second-order valence-electron chi connectivity index (χ2n) is 6.82. The van der Waals surface area contributed by atoms with E-state index in [0.717, 1.165) is 40.8 Å². The third kappa shape index (κ3) is 2.84. The number of carbonyl (C=O) groups is 3. The Labute approximate surface area is 154 Å². The van der Waals surface area contributed by atoms with Gasteiger partial charge in [-0.2, -0.15) is 0 Å². The molecule has 2 unspecified atom stereocenters. The third-order valence-corrected chi connectivity index (χ3v) is 6.34. The van der Waals surface area contributed by atoms with Gasteiger partial charge in [0.15, 0.2) is 0 Å². The number of benzene rings is 1. The largest absolute Gasteiger partial charge is 0.318 e. The number of aryl methyl sites for hydroxylation is 1. The Hall–Kier alpha value is -2.48. The van der Waals surface area contributed by atoms with Crippen LogP contribution in [-0.2, 0) is 21.4 Å². The number of hydrogen-bond donors (Lipinski definition) is 1. The van der Waals surface area contributed by atoms with E-state index in [-0.39, 0.29) is 30.2 Å². The fourth-order valence-electron chi connectivity index (χ4n) is 3.86. The van der Waals surface area contributed by atoms with E-state index >= 15 is 0 Å². The summed E-state index contributed by atoms with van der Waals surface area (Å²) in [6, 6.07) is 7.87. The zero-order valence-corrected chi connectivity index (χ0v) is 15.3. The number of fused-ring (bicyclic) bond motifs is 2. The van der Waals surface area contributed by atoms with Gasteiger partial charge in [0.2, 0.25) is 16.6 Å². The van der Waals surface area contributed by atoms with Crippen LogP contribution >= 0.6 is 11.3 Å². The molecule has 1 aromatic carbocycles. The Bertz CT molecular complexity index is 937. The number of aromatic nitrogens is 1. The maximum atomic E-state index is 12.4. The average molecular weight is 372 g/mol. The van der Waals surface area contributed by atoms with Crippen LogP contribution in [0.2, 0.25) is 0 Å². The molecule has 8 heteroatoms. The van der Waals surface area contributed by atoms with Gasteiger partial charge in [-0.3, -0.25) is 19.3 Å². The third-order valence-electron chi connectivity index (χ3n) is 5.23. The van der Waals surface area contributed by atoms with Crippen molar-refractivity contribution in [2.24, 2.45) is 24.0 Å². The summed E-state index contributed by atoms with van der Waals surface area (Å²) in [6.07, 6.45) is 3.43. The second-order valence-corrected chi connectivity index (χ2v) is 7.83. The number of nitrogens with one attached hydrogen (secondary N) is 1. The van der Waals surface area contributed by atoms with E-state index in [1.54, 1.807) is 0 Å². The van der Waals surface area contributed by atoms with E-state index in [1.807, 2.05) is 35.9 Å². The molecule has 1 saturated heterocycles. The van der Waals surface area contributed by atoms with Gasteiger partial charge < -0.3 is 4.57 Å². The number of carbonyl (C=O) groups excluding carboxylic acids is 3. The van der Waals surface area contributed by atoms with Crippen LogP contribution in [0, 0.1) is 11.8 Å². The Kier molecular flexibility index (Phi) is 4.36. The molecule has 0 bridgehead atoms. The molecule has 2 aromatic rings. The fraction of sp³-hybridized carbons (Fsp3) is 0.444.